The standard InChI is InChI=1S/C16H26BrN3O2/c1-3-12(4-2)15(20-5-7-22-8-6-20)11-19-16(21)14-9-13(17)10-18-14/h9-10,12,15,18H,3-8,11H2,1-2H3,(H,19,21). The molecule has 0 bridgehead atoms. The summed E-state index contributed by atoms with van der Waals surface area (Å²) in [5, 5.41) is 3.09. The van der Waals surface area contributed by atoms with Gasteiger partial charge >= 0.3 is 0 Å². The Morgan fingerprint density at radius 2 is 2.09 bits per heavy atom. The van der Waals surface area contributed by atoms with E-state index in [0.717, 1.165) is 43.6 Å². The van der Waals surface area contributed by atoms with E-state index in [4.69, 9.17) is 4.74 Å². The van der Waals surface area contributed by atoms with E-state index in [1.807, 2.05) is 0 Å². The quantitative estimate of drug-likeness (QED) is 0.774. The molecule has 1 saturated heterocycles. The topological polar surface area (TPSA) is 57.4 Å². The Balaban J connectivity index is 1.97. The first-order valence-corrected chi connectivity index (χ1v) is 8.88. The normalized spacial score (nSPS) is 17.6. The molecule has 1 atom stereocenters. The number of morpholine rings is 1. The second kappa shape index (κ2) is 8.70. The number of rotatable bonds is 7. The van der Waals surface area contributed by atoms with Gasteiger partial charge in [0.2, 0.25) is 0 Å². The molecule has 5 nitrogen and oxygen atoms in total. The summed E-state index contributed by atoms with van der Waals surface area (Å²) < 4.78 is 6.35. The summed E-state index contributed by atoms with van der Waals surface area (Å²) in [6, 6.07) is 2.18. The fourth-order valence-corrected chi connectivity index (χ4v) is 3.47. The number of carbonyl (C=O) groups is 1. The summed E-state index contributed by atoms with van der Waals surface area (Å²) in [5.41, 5.74) is 0.595. The van der Waals surface area contributed by atoms with Crippen molar-refractivity contribution in [2.24, 2.45) is 5.92 Å². The Bertz CT molecular complexity index is 468. The van der Waals surface area contributed by atoms with Crippen LogP contribution in [-0.4, -0.2) is 54.7 Å². The molecule has 22 heavy (non-hydrogen) atoms. The highest BCUT2D eigenvalue weighted by Crippen LogP contribution is 2.20. The van der Waals surface area contributed by atoms with Crippen LogP contribution < -0.4 is 5.32 Å². The number of carbonyl (C=O) groups excluding carboxylic acids is 1. The molecule has 1 amide bonds. The van der Waals surface area contributed by atoms with E-state index in [1.165, 1.54) is 0 Å². The van der Waals surface area contributed by atoms with Crippen LogP contribution in [0.1, 0.15) is 37.2 Å². The summed E-state index contributed by atoms with van der Waals surface area (Å²) in [4.78, 5) is 17.7. The number of halogens is 1. The minimum Gasteiger partial charge on any atom is -0.379 e. The van der Waals surface area contributed by atoms with Crippen molar-refractivity contribution in [2.45, 2.75) is 32.7 Å². The first-order valence-electron chi connectivity index (χ1n) is 8.09. The van der Waals surface area contributed by atoms with Gasteiger partial charge in [-0.25, -0.2) is 0 Å². The number of hydrogen-bond acceptors (Lipinski definition) is 3. The molecule has 2 rings (SSSR count). The van der Waals surface area contributed by atoms with E-state index in [1.54, 1.807) is 12.3 Å². The molecule has 0 aliphatic carbocycles. The number of nitrogens with zero attached hydrogens (tertiary/aromatic N) is 1. The minimum atomic E-state index is -0.0464. The van der Waals surface area contributed by atoms with Crippen molar-refractivity contribution in [2.75, 3.05) is 32.8 Å². The van der Waals surface area contributed by atoms with Gasteiger partial charge in [-0.3, -0.25) is 9.69 Å². The van der Waals surface area contributed by atoms with Crippen LogP contribution in [0, 0.1) is 5.92 Å². The van der Waals surface area contributed by atoms with Crippen LogP contribution in [0.15, 0.2) is 16.7 Å². The third kappa shape index (κ3) is 4.57. The number of aromatic amines is 1. The molecule has 1 fully saturated rings. The second-order valence-electron chi connectivity index (χ2n) is 5.73. The van der Waals surface area contributed by atoms with Crippen molar-refractivity contribution in [3.05, 3.63) is 22.4 Å². The molecule has 6 heteroatoms. The lowest BCUT2D eigenvalue weighted by Gasteiger charge is -2.38. The lowest BCUT2D eigenvalue weighted by atomic mass is 9.92. The maximum atomic E-state index is 12.2. The van der Waals surface area contributed by atoms with E-state index in [9.17, 15) is 4.79 Å². The summed E-state index contributed by atoms with van der Waals surface area (Å²) in [7, 11) is 0. The summed E-state index contributed by atoms with van der Waals surface area (Å²) in [6.07, 6.45) is 4.03. The Morgan fingerprint density at radius 3 is 2.64 bits per heavy atom. The Kier molecular flexibility index (Phi) is 6.92. The first-order chi connectivity index (χ1) is 10.7. The van der Waals surface area contributed by atoms with Crippen molar-refractivity contribution in [1.29, 1.82) is 0 Å². The number of aromatic nitrogens is 1. The number of nitrogens with one attached hydrogen (secondary N) is 2. The minimum absolute atomic E-state index is 0.0464. The van der Waals surface area contributed by atoms with Gasteiger partial charge in [0.25, 0.3) is 5.91 Å². The molecular weight excluding hydrogens is 346 g/mol. The van der Waals surface area contributed by atoms with Crippen molar-refractivity contribution >= 4 is 21.8 Å². The average molecular weight is 372 g/mol. The predicted octanol–water partition coefficient (Wildman–Crippen LogP) is 2.64. The monoisotopic (exact) mass is 371 g/mol. The van der Waals surface area contributed by atoms with Crippen molar-refractivity contribution in [1.82, 2.24) is 15.2 Å². The van der Waals surface area contributed by atoms with Gasteiger partial charge < -0.3 is 15.0 Å². The fourth-order valence-electron chi connectivity index (χ4n) is 3.13. The van der Waals surface area contributed by atoms with Gasteiger partial charge in [0.15, 0.2) is 0 Å². The molecule has 0 saturated carbocycles. The van der Waals surface area contributed by atoms with E-state index in [0.29, 0.717) is 24.2 Å². The van der Waals surface area contributed by atoms with Crippen LogP contribution in [0.3, 0.4) is 0 Å². The maximum absolute atomic E-state index is 12.2. The number of hydrogen-bond donors (Lipinski definition) is 2. The van der Waals surface area contributed by atoms with Crippen LogP contribution >= 0.6 is 15.9 Å². The highest BCUT2D eigenvalue weighted by Gasteiger charge is 2.27. The molecule has 2 N–H and O–H groups in total. The molecular formula is C16H26BrN3O2. The highest BCUT2D eigenvalue weighted by molar-refractivity contribution is 9.10. The molecule has 0 radical (unpaired) electrons. The van der Waals surface area contributed by atoms with Crippen molar-refractivity contribution < 1.29 is 9.53 Å². The van der Waals surface area contributed by atoms with Gasteiger partial charge in [-0.1, -0.05) is 26.7 Å². The van der Waals surface area contributed by atoms with Crippen molar-refractivity contribution in [3.63, 3.8) is 0 Å². The third-order valence-electron chi connectivity index (χ3n) is 4.47. The lowest BCUT2D eigenvalue weighted by Crippen LogP contribution is -2.52. The van der Waals surface area contributed by atoms with E-state index in [2.05, 4.69) is 45.0 Å². The van der Waals surface area contributed by atoms with Crippen molar-refractivity contribution in [3.8, 4) is 0 Å². The van der Waals surface area contributed by atoms with Gasteiger partial charge in [-0.05, 0) is 27.9 Å². The summed E-state index contributed by atoms with van der Waals surface area (Å²) >= 11 is 3.36. The van der Waals surface area contributed by atoms with Gasteiger partial charge in [0.05, 0.1) is 13.2 Å². The molecule has 1 aromatic heterocycles. The molecule has 1 unspecified atom stereocenters. The van der Waals surface area contributed by atoms with E-state index < -0.39 is 0 Å². The average Bonchev–Trinajstić information content (AvgIpc) is 2.98. The molecule has 0 spiro atoms. The first kappa shape index (κ1) is 17.5. The summed E-state index contributed by atoms with van der Waals surface area (Å²) in [6.45, 7) is 8.61. The van der Waals surface area contributed by atoms with Gasteiger partial charge in [0.1, 0.15) is 5.69 Å². The predicted molar refractivity (Wildman–Crippen MR) is 91.1 cm³/mol. The van der Waals surface area contributed by atoms with E-state index in [-0.39, 0.29) is 5.91 Å². The molecule has 1 aliphatic rings. The molecule has 1 aliphatic heterocycles. The largest absolute Gasteiger partial charge is 0.379 e. The highest BCUT2D eigenvalue weighted by atomic mass is 79.9. The molecule has 1 aromatic rings. The number of ether oxygens (including phenoxy) is 1. The summed E-state index contributed by atoms with van der Waals surface area (Å²) in [5.74, 6) is 0.545. The molecule has 0 aromatic carbocycles. The Hall–Kier alpha value is -0.850. The van der Waals surface area contributed by atoms with Gasteiger partial charge in [0, 0.05) is 36.3 Å². The van der Waals surface area contributed by atoms with Crippen LogP contribution in [0.4, 0.5) is 0 Å². The Morgan fingerprint density at radius 1 is 1.41 bits per heavy atom. The van der Waals surface area contributed by atoms with Crippen LogP contribution in [0.25, 0.3) is 0 Å². The zero-order valence-corrected chi connectivity index (χ0v) is 15.0. The Labute approximate surface area is 140 Å². The second-order valence-corrected chi connectivity index (χ2v) is 6.65. The number of amides is 1. The fraction of sp³-hybridized carbons (Fsp3) is 0.688. The zero-order chi connectivity index (χ0) is 15.9. The third-order valence-corrected chi connectivity index (χ3v) is 4.93. The number of H-pyrrole nitrogens is 1. The molecule has 2 heterocycles. The van der Waals surface area contributed by atoms with Gasteiger partial charge in [-0.2, -0.15) is 0 Å². The van der Waals surface area contributed by atoms with Gasteiger partial charge in [-0.15, -0.1) is 0 Å². The lowest BCUT2D eigenvalue weighted by molar-refractivity contribution is 0.00190. The van der Waals surface area contributed by atoms with E-state index >= 15 is 0 Å². The SMILES string of the molecule is CCC(CC)C(CNC(=O)c1cc(Br)c[nH]1)N1CCOCC1. The zero-order valence-electron chi connectivity index (χ0n) is 13.4. The van der Waals surface area contributed by atoms with Crippen LogP contribution in [0.5, 0.6) is 0 Å². The smallest absolute Gasteiger partial charge is 0.267 e. The van der Waals surface area contributed by atoms with Crippen LogP contribution in [0.2, 0.25) is 0 Å². The maximum Gasteiger partial charge on any atom is 0.267 e. The molecule has 124 valence electrons. The van der Waals surface area contributed by atoms with Crippen LogP contribution in [-0.2, 0) is 4.74 Å².